The average molecular weight is 294 g/mol. The first-order valence-electron chi connectivity index (χ1n) is 4.69. The molecule has 2 aliphatic carbocycles. The molecule has 1 saturated heterocycles. The summed E-state index contributed by atoms with van der Waals surface area (Å²) >= 11 is 2.37. The van der Waals surface area contributed by atoms with Crippen molar-refractivity contribution in [2.24, 2.45) is 23.7 Å². The zero-order chi connectivity index (χ0) is 9.16. The molecule has 3 nitrogen and oxygen atoms in total. The van der Waals surface area contributed by atoms with Gasteiger partial charge in [0.05, 0.1) is 9.84 Å². The fourth-order valence-corrected chi connectivity index (χ4v) is 4.87. The molecule has 0 aromatic rings. The summed E-state index contributed by atoms with van der Waals surface area (Å²) in [6, 6.07) is 0. The molecule has 13 heavy (non-hydrogen) atoms. The molecule has 2 bridgehead atoms. The Morgan fingerprint density at radius 3 is 3.00 bits per heavy atom. The number of fused-ring (bicyclic) bond motifs is 1. The molecule has 0 unspecified atom stereocenters. The largest absolute Gasteiger partial charge is 0.461 e. The van der Waals surface area contributed by atoms with Gasteiger partial charge in [-0.1, -0.05) is 22.6 Å². The molecule has 0 amide bonds. The summed E-state index contributed by atoms with van der Waals surface area (Å²) in [6.45, 7) is 0.146. The highest BCUT2D eigenvalue weighted by atomic mass is 127. The normalized spacial score (nSPS) is 57.2. The lowest BCUT2D eigenvalue weighted by Gasteiger charge is -2.26. The van der Waals surface area contributed by atoms with Gasteiger partial charge in [-0.05, 0) is 18.3 Å². The van der Waals surface area contributed by atoms with Crippen LogP contribution in [0.3, 0.4) is 0 Å². The van der Waals surface area contributed by atoms with Gasteiger partial charge in [0.2, 0.25) is 0 Å². The number of ether oxygens (including phenoxy) is 1. The van der Waals surface area contributed by atoms with Crippen LogP contribution in [0.5, 0.6) is 0 Å². The maximum atomic E-state index is 11.5. The van der Waals surface area contributed by atoms with Crippen LogP contribution in [-0.4, -0.2) is 27.7 Å². The Bertz CT molecular complexity index is 268. The quantitative estimate of drug-likeness (QED) is 0.437. The van der Waals surface area contributed by atoms with Crippen LogP contribution in [0.15, 0.2) is 0 Å². The van der Waals surface area contributed by atoms with Crippen molar-refractivity contribution in [1.29, 1.82) is 0 Å². The molecule has 4 heteroatoms. The SMILES string of the molecule is O=C1O[C@@H]2[C@@H](I)[C@@H]3C[C@H]2[C@H]1[C@@H]3CO. The van der Waals surface area contributed by atoms with E-state index in [1.807, 2.05) is 0 Å². The summed E-state index contributed by atoms with van der Waals surface area (Å²) in [5.74, 6) is 1.06. The Kier molecular flexibility index (Phi) is 1.69. The van der Waals surface area contributed by atoms with E-state index in [1.165, 1.54) is 0 Å². The number of hydrogen-bond acceptors (Lipinski definition) is 3. The van der Waals surface area contributed by atoms with Crippen molar-refractivity contribution in [3.05, 3.63) is 0 Å². The minimum atomic E-state index is -0.0595. The summed E-state index contributed by atoms with van der Waals surface area (Å²) in [4.78, 5) is 11.5. The van der Waals surface area contributed by atoms with Gasteiger partial charge in [0.1, 0.15) is 6.10 Å². The minimum Gasteiger partial charge on any atom is -0.461 e. The van der Waals surface area contributed by atoms with Crippen molar-refractivity contribution < 1.29 is 14.6 Å². The lowest BCUT2D eigenvalue weighted by molar-refractivity contribution is -0.144. The highest BCUT2D eigenvalue weighted by Gasteiger charge is 2.65. The number of rotatable bonds is 1. The Morgan fingerprint density at radius 1 is 1.54 bits per heavy atom. The van der Waals surface area contributed by atoms with Gasteiger partial charge in [-0.25, -0.2) is 0 Å². The molecule has 0 aromatic heterocycles. The molecule has 3 fully saturated rings. The number of halogens is 1. The fraction of sp³-hybridized carbons (Fsp3) is 0.889. The van der Waals surface area contributed by atoms with Crippen molar-refractivity contribution in [1.82, 2.24) is 0 Å². The van der Waals surface area contributed by atoms with E-state index in [9.17, 15) is 9.90 Å². The summed E-state index contributed by atoms with van der Waals surface area (Å²) in [6.07, 6.45) is 1.24. The van der Waals surface area contributed by atoms with Gasteiger partial charge in [-0.2, -0.15) is 0 Å². The van der Waals surface area contributed by atoms with Crippen LogP contribution in [0.25, 0.3) is 0 Å². The van der Waals surface area contributed by atoms with Crippen LogP contribution in [-0.2, 0) is 9.53 Å². The number of aliphatic hydroxyl groups excluding tert-OH is 1. The zero-order valence-electron chi connectivity index (χ0n) is 7.02. The zero-order valence-corrected chi connectivity index (χ0v) is 9.18. The lowest BCUT2D eigenvalue weighted by atomic mass is 9.80. The molecule has 6 atom stereocenters. The van der Waals surface area contributed by atoms with Crippen LogP contribution in [0.4, 0.5) is 0 Å². The highest BCUT2D eigenvalue weighted by Crippen LogP contribution is 2.59. The smallest absolute Gasteiger partial charge is 0.310 e. The molecular formula is C9H11IO3. The minimum absolute atomic E-state index is 0.0195. The molecule has 1 aliphatic heterocycles. The predicted molar refractivity (Wildman–Crippen MR) is 53.4 cm³/mol. The third kappa shape index (κ3) is 0.862. The van der Waals surface area contributed by atoms with E-state index < -0.39 is 0 Å². The van der Waals surface area contributed by atoms with Gasteiger partial charge in [0.25, 0.3) is 0 Å². The van der Waals surface area contributed by atoms with E-state index >= 15 is 0 Å². The molecule has 2 saturated carbocycles. The topological polar surface area (TPSA) is 46.5 Å². The van der Waals surface area contributed by atoms with E-state index in [1.54, 1.807) is 0 Å². The molecule has 0 aromatic carbocycles. The molecule has 0 radical (unpaired) electrons. The second kappa shape index (κ2) is 2.59. The Balaban J connectivity index is 2.01. The van der Waals surface area contributed by atoms with Crippen LogP contribution in [0.2, 0.25) is 0 Å². The Hall–Kier alpha value is 0.160. The first-order valence-corrected chi connectivity index (χ1v) is 5.94. The van der Waals surface area contributed by atoms with Gasteiger partial charge in [-0.3, -0.25) is 4.79 Å². The lowest BCUT2D eigenvalue weighted by Crippen LogP contribution is -2.35. The molecule has 0 spiro atoms. The fourth-order valence-electron chi connectivity index (χ4n) is 3.37. The first kappa shape index (κ1) is 8.47. The second-order valence-electron chi connectivity index (χ2n) is 4.28. The summed E-state index contributed by atoms with van der Waals surface area (Å²) in [5.41, 5.74) is 0. The van der Waals surface area contributed by atoms with Gasteiger partial charge < -0.3 is 9.84 Å². The standard InChI is InChI=1S/C9H11IO3/c10-7-3-1-4-6(5(3)2-11)9(12)13-8(4)7/h3-8,11H,1-2H2/t3-,4+,5-,6+,7+,8+/m1/s1. The van der Waals surface area contributed by atoms with Gasteiger partial charge in [0, 0.05) is 12.5 Å². The maximum absolute atomic E-state index is 11.5. The van der Waals surface area contributed by atoms with Crippen molar-refractivity contribution >= 4 is 28.6 Å². The molecule has 1 N–H and O–H groups in total. The van der Waals surface area contributed by atoms with E-state index in [2.05, 4.69) is 22.6 Å². The van der Waals surface area contributed by atoms with Crippen LogP contribution in [0.1, 0.15) is 6.42 Å². The van der Waals surface area contributed by atoms with Crippen molar-refractivity contribution in [3.8, 4) is 0 Å². The number of esters is 1. The Morgan fingerprint density at radius 2 is 2.31 bits per heavy atom. The molecule has 1 heterocycles. The first-order chi connectivity index (χ1) is 6.24. The van der Waals surface area contributed by atoms with Crippen LogP contribution >= 0.6 is 22.6 Å². The maximum Gasteiger partial charge on any atom is 0.310 e. The van der Waals surface area contributed by atoms with Gasteiger partial charge >= 0.3 is 5.97 Å². The number of hydrogen-bond donors (Lipinski definition) is 1. The molecular weight excluding hydrogens is 283 g/mol. The van der Waals surface area contributed by atoms with Crippen LogP contribution < -0.4 is 0 Å². The van der Waals surface area contributed by atoms with Crippen molar-refractivity contribution in [2.45, 2.75) is 16.4 Å². The summed E-state index contributed by atoms with van der Waals surface area (Å²) in [5, 5.41) is 9.23. The third-order valence-electron chi connectivity index (χ3n) is 3.90. The summed E-state index contributed by atoms with van der Waals surface area (Å²) in [7, 11) is 0. The van der Waals surface area contributed by atoms with E-state index in [0.29, 0.717) is 15.8 Å². The summed E-state index contributed by atoms with van der Waals surface area (Å²) < 4.78 is 5.76. The number of aliphatic hydroxyl groups is 1. The van der Waals surface area contributed by atoms with Crippen molar-refractivity contribution in [2.75, 3.05) is 6.61 Å². The molecule has 3 rings (SSSR count). The third-order valence-corrected chi connectivity index (χ3v) is 5.53. The van der Waals surface area contributed by atoms with Crippen molar-refractivity contribution in [3.63, 3.8) is 0 Å². The second-order valence-corrected chi connectivity index (χ2v) is 5.72. The highest BCUT2D eigenvalue weighted by molar-refractivity contribution is 14.1. The van der Waals surface area contributed by atoms with Crippen LogP contribution in [0, 0.1) is 23.7 Å². The monoisotopic (exact) mass is 294 g/mol. The van der Waals surface area contributed by atoms with Gasteiger partial charge in [0.15, 0.2) is 0 Å². The molecule has 72 valence electrons. The number of alkyl halides is 1. The molecule has 3 aliphatic rings. The average Bonchev–Trinajstić information content (AvgIpc) is 2.68. The predicted octanol–water partition coefficient (Wildman–Crippen LogP) is 0.590. The number of carbonyl (C=O) groups is 1. The van der Waals surface area contributed by atoms with E-state index in [0.717, 1.165) is 6.42 Å². The van der Waals surface area contributed by atoms with Gasteiger partial charge in [-0.15, -0.1) is 0 Å². The van der Waals surface area contributed by atoms with E-state index in [-0.39, 0.29) is 30.5 Å². The number of carbonyl (C=O) groups excluding carboxylic acids is 1. The Labute approximate surface area is 90.0 Å². The van der Waals surface area contributed by atoms with E-state index in [4.69, 9.17) is 4.74 Å².